The van der Waals surface area contributed by atoms with Crippen molar-refractivity contribution in [2.24, 2.45) is 0 Å². The molecule has 0 saturated carbocycles. The predicted molar refractivity (Wildman–Crippen MR) is 77.2 cm³/mol. The molecule has 0 radical (unpaired) electrons. The zero-order chi connectivity index (χ0) is 15.0. The summed E-state index contributed by atoms with van der Waals surface area (Å²) < 4.78 is 39.8. The summed E-state index contributed by atoms with van der Waals surface area (Å²) in [5.41, 5.74) is -0.0907. The van der Waals surface area contributed by atoms with E-state index in [1.165, 1.54) is 18.2 Å². The first-order chi connectivity index (χ1) is 9.95. The van der Waals surface area contributed by atoms with Gasteiger partial charge in [-0.05, 0) is 29.8 Å². The first-order valence-corrected chi connectivity index (χ1v) is 6.56. The van der Waals surface area contributed by atoms with E-state index in [1.807, 2.05) is 0 Å². The standard InChI is InChI=1S/C16H9ClF3N/c17-12-6-7-14-11(8-12)9-13(10-4-2-1-3-5-10)15(21-14)16(18,19)20/h1-9H. The van der Waals surface area contributed by atoms with Gasteiger partial charge in [0.1, 0.15) is 0 Å². The lowest BCUT2D eigenvalue weighted by atomic mass is 10.0. The molecule has 0 aliphatic rings. The van der Waals surface area contributed by atoms with Crippen LogP contribution >= 0.6 is 11.6 Å². The quantitative estimate of drug-likeness (QED) is 0.572. The van der Waals surface area contributed by atoms with E-state index in [0.29, 0.717) is 16.0 Å². The Morgan fingerprint density at radius 3 is 2.29 bits per heavy atom. The van der Waals surface area contributed by atoms with Crippen molar-refractivity contribution in [3.8, 4) is 11.1 Å². The van der Waals surface area contributed by atoms with Crippen LogP contribution in [0.4, 0.5) is 13.2 Å². The van der Waals surface area contributed by atoms with E-state index in [9.17, 15) is 13.2 Å². The van der Waals surface area contributed by atoms with E-state index < -0.39 is 11.9 Å². The molecule has 5 heteroatoms. The SMILES string of the molecule is FC(F)(F)c1nc2ccc(Cl)cc2cc1-c1ccccc1. The lowest BCUT2D eigenvalue weighted by Crippen LogP contribution is -2.10. The van der Waals surface area contributed by atoms with Gasteiger partial charge in [-0.2, -0.15) is 13.2 Å². The minimum absolute atomic E-state index is 0.0536. The van der Waals surface area contributed by atoms with E-state index in [-0.39, 0.29) is 11.1 Å². The van der Waals surface area contributed by atoms with Crippen molar-refractivity contribution >= 4 is 22.5 Å². The third-order valence-corrected chi connectivity index (χ3v) is 3.37. The van der Waals surface area contributed by atoms with E-state index in [1.54, 1.807) is 36.4 Å². The van der Waals surface area contributed by atoms with E-state index in [0.717, 1.165) is 0 Å². The highest BCUT2D eigenvalue weighted by Crippen LogP contribution is 2.37. The molecule has 0 spiro atoms. The van der Waals surface area contributed by atoms with Crippen LogP contribution in [0.2, 0.25) is 5.02 Å². The fourth-order valence-electron chi connectivity index (χ4n) is 2.20. The van der Waals surface area contributed by atoms with Crippen LogP contribution in [0.15, 0.2) is 54.6 Å². The Kier molecular flexibility index (Phi) is 3.33. The zero-order valence-electron chi connectivity index (χ0n) is 10.7. The fourth-order valence-corrected chi connectivity index (χ4v) is 2.38. The summed E-state index contributed by atoms with van der Waals surface area (Å²) in [4.78, 5) is 3.78. The predicted octanol–water partition coefficient (Wildman–Crippen LogP) is 5.57. The minimum Gasteiger partial charge on any atom is -0.243 e. The molecule has 0 fully saturated rings. The molecule has 0 atom stereocenters. The van der Waals surface area contributed by atoms with Crippen molar-refractivity contribution in [2.75, 3.05) is 0 Å². The highest BCUT2D eigenvalue weighted by molar-refractivity contribution is 6.31. The summed E-state index contributed by atoms with van der Waals surface area (Å²) in [5.74, 6) is 0. The van der Waals surface area contributed by atoms with Gasteiger partial charge in [0.2, 0.25) is 0 Å². The molecular weight excluding hydrogens is 299 g/mol. The summed E-state index contributed by atoms with van der Waals surface area (Å²) in [5, 5.41) is 1.04. The number of pyridine rings is 1. The summed E-state index contributed by atoms with van der Waals surface area (Å²) in [7, 11) is 0. The average Bonchev–Trinajstić information content (AvgIpc) is 2.45. The van der Waals surface area contributed by atoms with Gasteiger partial charge in [-0.1, -0.05) is 41.9 Å². The van der Waals surface area contributed by atoms with Crippen molar-refractivity contribution in [1.82, 2.24) is 4.98 Å². The number of hydrogen-bond donors (Lipinski definition) is 0. The van der Waals surface area contributed by atoms with Gasteiger partial charge < -0.3 is 0 Å². The molecule has 106 valence electrons. The van der Waals surface area contributed by atoms with Crippen molar-refractivity contribution in [3.63, 3.8) is 0 Å². The molecule has 0 saturated heterocycles. The molecule has 3 aromatic rings. The first kappa shape index (κ1) is 13.9. The number of fused-ring (bicyclic) bond motifs is 1. The monoisotopic (exact) mass is 307 g/mol. The number of rotatable bonds is 1. The van der Waals surface area contributed by atoms with Crippen LogP contribution in [0.3, 0.4) is 0 Å². The highest BCUT2D eigenvalue weighted by Gasteiger charge is 2.36. The van der Waals surface area contributed by atoms with E-state index in [4.69, 9.17) is 11.6 Å². The second kappa shape index (κ2) is 5.04. The lowest BCUT2D eigenvalue weighted by Gasteiger charge is -2.13. The maximum absolute atomic E-state index is 13.3. The lowest BCUT2D eigenvalue weighted by molar-refractivity contribution is -0.140. The normalized spacial score (nSPS) is 11.8. The Morgan fingerprint density at radius 1 is 0.905 bits per heavy atom. The van der Waals surface area contributed by atoms with Crippen LogP contribution in [0.25, 0.3) is 22.0 Å². The molecule has 1 aromatic heterocycles. The first-order valence-electron chi connectivity index (χ1n) is 6.18. The van der Waals surface area contributed by atoms with Gasteiger partial charge in [0.15, 0.2) is 5.69 Å². The zero-order valence-corrected chi connectivity index (χ0v) is 11.4. The molecule has 0 N–H and O–H groups in total. The molecule has 0 bridgehead atoms. The molecule has 1 nitrogen and oxygen atoms in total. The second-order valence-corrected chi connectivity index (χ2v) is 5.02. The van der Waals surface area contributed by atoms with Crippen LogP contribution in [0, 0.1) is 0 Å². The van der Waals surface area contributed by atoms with E-state index in [2.05, 4.69) is 4.98 Å². The van der Waals surface area contributed by atoms with Crippen molar-refractivity contribution in [2.45, 2.75) is 6.18 Å². The topological polar surface area (TPSA) is 12.9 Å². The summed E-state index contributed by atoms with van der Waals surface area (Å²) in [6, 6.07) is 14.5. The van der Waals surface area contributed by atoms with Crippen LogP contribution in [-0.4, -0.2) is 4.98 Å². The number of benzene rings is 2. The van der Waals surface area contributed by atoms with Crippen molar-refractivity contribution in [3.05, 3.63) is 65.3 Å². The number of aromatic nitrogens is 1. The molecule has 21 heavy (non-hydrogen) atoms. The Labute approximate surface area is 124 Å². The third kappa shape index (κ3) is 2.72. The Morgan fingerprint density at radius 2 is 1.62 bits per heavy atom. The van der Waals surface area contributed by atoms with Crippen LogP contribution < -0.4 is 0 Å². The molecule has 1 heterocycles. The minimum atomic E-state index is -4.51. The largest absolute Gasteiger partial charge is 0.433 e. The summed E-state index contributed by atoms with van der Waals surface area (Å²) >= 11 is 5.90. The number of alkyl halides is 3. The van der Waals surface area contributed by atoms with Crippen LogP contribution in [-0.2, 0) is 6.18 Å². The number of nitrogens with zero attached hydrogens (tertiary/aromatic N) is 1. The summed E-state index contributed by atoms with van der Waals surface area (Å²) in [6.07, 6.45) is -4.51. The number of hydrogen-bond acceptors (Lipinski definition) is 1. The van der Waals surface area contributed by atoms with E-state index >= 15 is 0 Å². The Bertz CT molecular complexity index is 798. The molecule has 0 unspecified atom stereocenters. The van der Waals surface area contributed by atoms with Gasteiger partial charge >= 0.3 is 6.18 Å². The van der Waals surface area contributed by atoms with Gasteiger partial charge in [0, 0.05) is 16.0 Å². The Balaban J connectivity index is 2.34. The summed E-state index contributed by atoms with van der Waals surface area (Å²) in [6.45, 7) is 0. The van der Waals surface area contributed by atoms with Gasteiger partial charge in [0.25, 0.3) is 0 Å². The van der Waals surface area contributed by atoms with Crippen LogP contribution in [0.1, 0.15) is 5.69 Å². The maximum atomic E-state index is 13.3. The number of halogens is 4. The molecule has 2 aromatic carbocycles. The van der Waals surface area contributed by atoms with Crippen LogP contribution in [0.5, 0.6) is 0 Å². The maximum Gasteiger partial charge on any atom is 0.433 e. The highest BCUT2D eigenvalue weighted by atomic mass is 35.5. The molecule has 0 amide bonds. The average molecular weight is 308 g/mol. The fraction of sp³-hybridized carbons (Fsp3) is 0.0625. The molecule has 0 aliphatic heterocycles. The molecule has 0 aliphatic carbocycles. The van der Waals surface area contributed by atoms with Gasteiger partial charge in [0.05, 0.1) is 5.52 Å². The molecule has 3 rings (SSSR count). The third-order valence-electron chi connectivity index (χ3n) is 3.13. The smallest absolute Gasteiger partial charge is 0.243 e. The van der Waals surface area contributed by atoms with Crippen molar-refractivity contribution in [1.29, 1.82) is 0 Å². The molecular formula is C16H9ClF3N. The van der Waals surface area contributed by atoms with Gasteiger partial charge in [-0.3, -0.25) is 0 Å². The van der Waals surface area contributed by atoms with Gasteiger partial charge in [-0.15, -0.1) is 0 Å². The van der Waals surface area contributed by atoms with Crippen molar-refractivity contribution < 1.29 is 13.2 Å². The second-order valence-electron chi connectivity index (χ2n) is 4.59. The van der Waals surface area contributed by atoms with Gasteiger partial charge in [-0.25, -0.2) is 4.98 Å². The Hall–Kier alpha value is -2.07.